The molecule has 0 aliphatic carbocycles. The van der Waals surface area contributed by atoms with E-state index in [1.165, 1.54) is 0 Å². The lowest BCUT2D eigenvalue weighted by Gasteiger charge is -2.12. The maximum absolute atomic E-state index is 11.5. The van der Waals surface area contributed by atoms with Crippen molar-refractivity contribution in [2.75, 3.05) is 32.9 Å². The molecule has 0 aliphatic rings. The van der Waals surface area contributed by atoms with Crippen LogP contribution in [0.5, 0.6) is 5.75 Å². The zero-order valence-corrected chi connectivity index (χ0v) is 13.9. The van der Waals surface area contributed by atoms with Gasteiger partial charge in [0.05, 0.1) is 6.61 Å². The molecule has 5 nitrogen and oxygen atoms in total. The Bertz CT molecular complexity index is 429. The molecule has 1 aromatic rings. The van der Waals surface area contributed by atoms with E-state index in [1.54, 1.807) is 0 Å². The molecule has 0 aromatic heterocycles. The second kappa shape index (κ2) is 10.9. The highest BCUT2D eigenvalue weighted by Gasteiger charge is 2.03. The molecule has 124 valence electrons. The van der Waals surface area contributed by atoms with Gasteiger partial charge in [0.25, 0.3) is 0 Å². The Morgan fingerprint density at radius 1 is 1.05 bits per heavy atom. The Labute approximate surface area is 133 Å². The van der Waals surface area contributed by atoms with E-state index in [4.69, 9.17) is 9.47 Å². The number of nitrogens with one attached hydrogen (secondary N) is 2. The van der Waals surface area contributed by atoms with Crippen LogP contribution in [-0.2, 0) is 4.74 Å². The van der Waals surface area contributed by atoms with Crippen LogP contribution in [0.3, 0.4) is 0 Å². The van der Waals surface area contributed by atoms with E-state index in [0.29, 0.717) is 32.9 Å². The van der Waals surface area contributed by atoms with Crippen molar-refractivity contribution < 1.29 is 14.3 Å². The molecular formula is C17H28N2O3. The Balaban J connectivity index is 2.06. The number of benzene rings is 1. The first-order valence-electron chi connectivity index (χ1n) is 7.93. The second-order valence-electron chi connectivity index (χ2n) is 5.16. The van der Waals surface area contributed by atoms with Gasteiger partial charge in [-0.1, -0.05) is 18.2 Å². The van der Waals surface area contributed by atoms with Gasteiger partial charge in [0.1, 0.15) is 5.75 Å². The lowest BCUT2D eigenvalue weighted by atomic mass is 10.1. The number of carbonyl (C=O) groups is 1. The lowest BCUT2D eigenvalue weighted by Crippen LogP contribution is -2.37. The van der Waals surface area contributed by atoms with Gasteiger partial charge in [-0.05, 0) is 44.7 Å². The number of carbonyl (C=O) groups excluding carboxylic acids is 1. The van der Waals surface area contributed by atoms with Crippen molar-refractivity contribution in [3.63, 3.8) is 0 Å². The van der Waals surface area contributed by atoms with Gasteiger partial charge in [-0.15, -0.1) is 0 Å². The summed E-state index contributed by atoms with van der Waals surface area (Å²) in [4.78, 5) is 11.5. The fourth-order valence-electron chi connectivity index (χ4n) is 2.06. The summed E-state index contributed by atoms with van der Waals surface area (Å²) in [6.45, 7) is 9.25. The predicted molar refractivity (Wildman–Crippen MR) is 88.5 cm³/mol. The van der Waals surface area contributed by atoms with Gasteiger partial charge in [0.15, 0.2) is 0 Å². The molecule has 0 heterocycles. The number of hydrogen-bond acceptors (Lipinski definition) is 3. The SMILES string of the molecule is CCOCCCNC(=O)NCCCOc1c(C)cccc1C. The molecule has 0 radical (unpaired) electrons. The Hall–Kier alpha value is -1.75. The third-order valence-corrected chi connectivity index (χ3v) is 3.22. The molecule has 0 spiro atoms. The molecule has 0 atom stereocenters. The number of ether oxygens (including phenoxy) is 2. The van der Waals surface area contributed by atoms with Gasteiger partial charge in [-0.25, -0.2) is 4.79 Å². The van der Waals surface area contributed by atoms with Crippen LogP contribution in [-0.4, -0.2) is 38.9 Å². The van der Waals surface area contributed by atoms with E-state index < -0.39 is 0 Å². The van der Waals surface area contributed by atoms with Crippen molar-refractivity contribution in [3.05, 3.63) is 29.3 Å². The minimum atomic E-state index is -0.136. The number of hydrogen-bond donors (Lipinski definition) is 2. The summed E-state index contributed by atoms with van der Waals surface area (Å²) >= 11 is 0. The van der Waals surface area contributed by atoms with Crippen LogP contribution in [0, 0.1) is 13.8 Å². The van der Waals surface area contributed by atoms with Gasteiger partial charge in [0, 0.05) is 26.3 Å². The van der Waals surface area contributed by atoms with E-state index in [2.05, 4.69) is 10.6 Å². The summed E-state index contributed by atoms with van der Waals surface area (Å²) in [6, 6.07) is 5.96. The average molecular weight is 308 g/mol. The van der Waals surface area contributed by atoms with E-state index in [0.717, 1.165) is 29.7 Å². The topological polar surface area (TPSA) is 59.6 Å². The van der Waals surface area contributed by atoms with E-state index in [1.807, 2.05) is 39.0 Å². The molecule has 1 rings (SSSR count). The molecule has 0 saturated carbocycles. The smallest absolute Gasteiger partial charge is 0.314 e. The van der Waals surface area contributed by atoms with E-state index in [-0.39, 0.29) is 6.03 Å². The minimum absolute atomic E-state index is 0.136. The summed E-state index contributed by atoms with van der Waals surface area (Å²) in [5.74, 6) is 0.947. The molecule has 1 aromatic carbocycles. The molecule has 2 N–H and O–H groups in total. The van der Waals surface area contributed by atoms with Crippen molar-refractivity contribution in [3.8, 4) is 5.75 Å². The zero-order valence-electron chi connectivity index (χ0n) is 13.9. The Morgan fingerprint density at radius 3 is 2.23 bits per heavy atom. The molecule has 0 unspecified atom stereocenters. The van der Waals surface area contributed by atoms with Gasteiger partial charge < -0.3 is 20.1 Å². The lowest BCUT2D eigenvalue weighted by molar-refractivity contribution is 0.145. The van der Waals surface area contributed by atoms with Gasteiger partial charge in [-0.3, -0.25) is 0 Å². The molecule has 0 aliphatic heterocycles. The Morgan fingerprint density at radius 2 is 1.64 bits per heavy atom. The highest BCUT2D eigenvalue weighted by atomic mass is 16.5. The van der Waals surface area contributed by atoms with Crippen molar-refractivity contribution >= 4 is 6.03 Å². The Kier molecular flexibility index (Phi) is 9.07. The first-order chi connectivity index (χ1) is 10.6. The van der Waals surface area contributed by atoms with Gasteiger partial charge >= 0.3 is 6.03 Å². The molecule has 0 fully saturated rings. The van der Waals surface area contributed by atoms with Crippen LogP contribution in [0.15, 0.2) is 18.2 Å². The first-order valence-corrected chi connectivity index (χ1v) is 7.93. The second-order valence-corrected chi connectivity index (χ2v) is 5.16. The largest absolute Gasteiger partial charge is 0.493 e. The van der Waals surface area contributed by atoms with Crippen molar-refractivity contribution in [1.29, 1.82) is 0 Å². The fourth-order valence-corrected chi connectivity index (χ4v) is 2.06. The third-order valence-electron chi connectivity index (χ3n) is 3.22. The van der Waals surface area contributed by atoms with Crippen LogP contribution < -0.4 is 15.4 Å². The van der Waals surface area contributed by atoms with Crippen LogP contribution in [0.4, 0.5) is 4.79 Å². The van der Waals surface area contributed by atoms with Crippen molar-refractivity contribution in [1.82, 2.24) is 10.6 Å². The summed E-state index contributed by atoms with van der Waals surface area (Å²) < 4.78 is 11.0. The van der Waals surface area contributed by atoms with Gasteiger partial charge in [-0.2, -0.15) is 0 Å². The summed E-state index contributed by atoms with van der Waals surface area (Å²) in [6.07, 6.45) is 1.61. The normalized spacial score (nSPS) is 10.3. The highest BCUT2D eigenvalue weighted by Crippen LogP contribution is 2.22. The molecule has 0 saturated heterocycles. The third kappa shape index (κ3) is 7.31. The molecular weight excluding hydrogens is 280 g/mol. The molecule has 5 heteroatoms. The van der Waals surface area contributed by atoms with Crippen LogP contribution >= 0.6 is 0 Å². The fraction of sp³-hybridized carbons (Fsp3) is 0.588. The predicted octanol–water partition coefficient (Wildman–Crippen LogP) is 2.80. The van der Waals surface area contributed by atoms with E-state index in [9.17, 15) is 4.79 Å². The first kappa shape index (κ1) is 18.3. The average Bonchev–Trinajstić information content (AvgIpc) is 2.49. The van der Waals surface area contributed by atoms with Crippen LogP contribution in [0.1, 0.15) is 30.9 Å². The standard InChI is InChI=1S/C17H28N2O3/c1-4-21-12-6-10-18-17(20)19-11-7-13-22-16-14(2)8-5-9-15(16)3/h5,8-9H,4,6-7,10-13H2,1-3H3,(H2,18,19,20). The van der Waals surface area contributed by atoms with E-state index >= 15 is 0 Å². The summed E-state index contributed by atoms with van der Waals surface area (Å²) in [7, 11) is 0. The summed E-state index contributed by atoms with van der Waals surface area (Å²) in [5, 5.41) is 5.62. The van der Waals surface area contributed by atoms with Crippen molar-refractivity contribution in [2.24, 2.45) is 0 Å². The van der Waals surface area contributed by atoms with Crippen LogP contribution in [0.2, 0.25) is 0 Å². The monoisotopic (exact) mass is 308 g/mol. The number of para-hydroxylation sites is 1. The number of amides is 2. The van der Waals surface area contributed by atoms with Crippen LogP contribution in [0.25, 0.3) is 0 Å². The zero-order chi connectivity index (χ0) is 16.2. The number of rotatable bonds is 10. The maximum Gasteiger partial charge on any atom is 0.314 e. The molecule has 0 bridgehead atoms. The number of aryl methyl sites for hydroxylation is 2. The minimum Gasteiger partial charge on any atom is -0.493 e. The highest BCUT2D eigenvalue weighted by molar-refractivity contribution is 5.73. The number of urea groups is 1. The molecule has 2 amide bonds. The van der Waals surface area contributed by atoms with Gasteiger partial charge in [0.2, 0.25) is 0 Å². The summed E-state index contributed by atoms with van der Waals surface area (Å²) in [5.41, 5.74) is 2.28. The maximum atomic E-state index is 11.5. The molecule has 22 heavy (non-hydrogen) atoms. The van der Waals surface area contributed by atoms with Crippen molar-refractivity contribution in [2.45, 2.75) is 33.6 Å². The quantitative estimate of drug-likeness (QED) is 0.653.